The van der Waals surface area contributed by atoms with Gasteiger partial charge in [0, 0.05) is 36.1 Å². The maximum atomic E-state index is 6.06. The Labute approximate surface area is 124 Å². The first kappa shape index (κ1) is 14.9. The van der Waals surface area contributed by atoms with E-state index in [4.69, 9.17) is 32.7 Å². The molecule has 19 heavy (non-hydrogen) atoms. The van der Waals surface area contributed by atoms with Crippen LogP contribution < -0.4 is 4.74 Å². The molecule has 1 aliphatic heterocycles. The molecule has 0 N–H and O–H groups in total. The quantitative estimate of drug-likeness (QED) is 0.798. The lowest BCUT2D eigenvalue weighted by Crippen LogP contribution is -2.46. The first-order valence-corrected chi connectivity index (χ1v) is 7.29. The predicted octanol–water partition coefficient (Wildman–Crippen LogP) is 3.18. The molecule has 3 nitrogen and oxygen atoms in total. The molecular formula is C14H19Cl2NO2. The number of alkyl halides is 1. The van der Waals surface area contributed by atoms with E-state index in [-0.39, 0.29) is 12.2 Å². The third-order valence-electron chi connectivity index (χ3n) is 3.21. The zero-order valence-corrected chi connectivity index (χ0v) is 12.7. The minimum absolute atomic E-state index is 0.0931. The summed E-state index contributed by atoms with van der Waals surface area (Å²) in [5.41, 5.74) is 1.09. The standard InChI is InChI=1S/C14H19Cl2NO2/c1-10-7-17(9-13(6-15)19-10)8-11-5-12(16)3-4-14(11)18-2/h3-5,10,13H,6-9H2,1-2H3. The second kappa shape index (κ2) is 6.80. The summed E-state index contributed by atoms with van der Waals surface area (Å²) >= 11 is 12.0. The second-order valence-corrected chi connectivity index (χ2v) is 5.62. The van der Waals surface area contributed by atoms with Crippen molar-refractivity contribution in [1.82, 2.24) is 4.90 Å². The van der Waals surface area contributed by atoms with Gasteiger partial charge in [-0.2, -0.15) is 0 Å². The van der Waals surface area contributed by atoms with Gasteiger partial charge in [-0.15, -0.1) is 11.6 Å². The lowest BCUT2D eigenvalue weighted by Gasteiger charge is -2.36. The summed E-state index contributed by atoms with van der Waals surface area (Å²) in [4.78, 5) is 2.33. The Morgan fingerprint density at radius 3 is 2.89 bits per heavy atom. The zero-order valence-electron chi connectivity index (χ0n) is 11.2. The molecule has 1 saturated heterocycles. The lowest BCUT2D eigenvalue weighted by atomic mass is 10.1. The molecule has 0 aliphatic carbocycles. The van der Waals surface area contributed by atoms with Crippen LogP contribution in [0.1, 0.15) is 12.5 Å². The third-order valence-corrected chi connectivity index (χ3v) is 3.79. The fourth-order valence-electron chi connectivity index (χ4n) is 2.47. The van der Waals surface area contributed by atoms with Gasteiger partial charge in [0.1, 0.15) is 5.75 Å². The van der Waals surface area contributed by atoms with Crippen LogP contribution in [-0.4, -0.2) is 43.2 Å². The molecule has 1 heterocycles. The van der Waals surface area contributed by atoms with Gasteiger partial charge in [0.15, 0.2) is 0 Å². The van der Waals surface area contributed by atoms with Crippen LogP contribution in [-0.2, 0) is 11.3 Å². The second-order valence-electron chi connectivity index (χ2n) is 4.87. The molecule has 2 unspecified atom stereocenters. The van der Waals surface area contributed by atoms with Crippen LogP contribution in [0.15, 0.2) is 18.2 Å². The third kappa shape index (κ3) is 3.99. The predicted molar refractivity (Wildman–Crippen MR) is 78.3 cm³/mol. The molecule has 2 rings (SSSR count). The number of benzene rings is 1. The molecule has 0 spiro atoms. The molecule has 1 aliphatic rings. The van der Waals surface area contributed by atoms with Crippen LogP contribution in [0.25, 0.3) is 0 Å². The molecule has 0 radical (unpaired) electrons. The minimum Gasteiger partial charge on any atom is -0.496 e. The van der Waals surface area contributed by atoms with Crippen LogP contribution in [0.4, 0.5) is 0 Å². The van der Waals surface area contributed by atoms with E-state index in [9.17, 15) is 0 Å². The molecular weight excluding hydrogens is 285 g/mol. The smallest absolute Gasteiger partial charge is 0.123 e. The molecule has 0 saturated carbocycles. The van der Waals surface area contributed by atoms with Gasteiger partial charge < -0.3 is 9.47 Å². The maximum Gasteiger partial charge on any atom is 0.123 e. The normalized spacial score (nSPS) is 24.4. The summed E-state index contributed by atoms with van der Waals surface area (Å²) in [6.45, 7) is 4.60. The number of halogens is 2. The van der Waals surface area contributed by atoms with Gasteiger partial charge in [-0.05, 0) is 25.1 Å². The van der Waals surface area contributed by atoms with E-state index >= 15 is 0 Å². The number of rotatable bonds is 4. The monoisotopic (exact) mass is 303 g/mol. The van der Waals surface area contributed by atoms with Gasteiger partial charge in [-0.3, -0.25) is 4.90 Å². The molecule has 1 aromatic carbocycles. The fourth-order valence-corrected chi connectivity index (χ4v) is 2.83. The van der Waals surface area contributed by atoms with Crippen molar-refractivity contribution in [2.45, 2.75) is 25.7 Å². The summed E-state index contributed by atoms with van der Waals surface area (Å²) < 4.78 is 11.1. The van der Waals surface area contributed by atoms with Crippen LogP contribution in [0.5, 0.6) is 5.75 Å². The molecule has 5 heteroatoms. The SMILES string of the molecule is COc1ccc(Cl)cc1CN1CC(C)OC(CCl)C1. The first-order chi connectivity index (χ1) is 9.12. The molecule has 2 atom stereocenters. The number of ether oxygens (including phenoxy) is 2. The number of hydrogen-bond acceptors (Lipinski definition) is 3. The van der Waals surface area contributed by atoms with Crippen molar-refractivity contribution in [3.8, 4) is 5.75 Å². The topological polar surface area (TPSA) is 21.7 Å². The average Bonchev–Trinajstić information content (AvgIpc) is 2.38. The van der Waals surface area contributed by atoms with Gasteiger partial charge in [-0.25, -0.2) is 0 Å². The molecule has 1 fully saturated rings. The Bertz CT molecular complexity index is 428. The van der Waals surface area contributed by atoms with Crippen molar-refractivity contribution in [1.29, 1.82) is 0 Å². The van der Waals surface area contributed by atoms with Crippen LogP contribution in [0, 0.1) is 0 Å². The van der Waals surface area contributed by atoms with Crippen molar-refractivity contribution < 1.29 is 9.47 Å². The Morgan fingerprint density at radius 2 is 2.21 bits per heavy atom. The van der Waals surface area contributed by atoms with E-state index in [1.807, 2.05) is 18.2 Å². The highest BCUT2D eigenvalue weighted by Crippen LogP contribution is 2.25. The van der Waals surface area contributed by atoms with Gasteiger partial charge in [-0.1, -0.05) is 11.6 Å². The lowest BCUT2D eigenvalue weighted by molar-refractivity contribution is -0.0690. The summed E-state index contributed by atoms with van der Waals surface area (Å²) in [5, 5.41) is 0.728. The van der Waals surface area contributed by atoms with Gasteiger partial charge in [0.05, 0.1) is 19.3 Å². The average molecular weight is 304 g/mol. The van der Waals surface area contributed by atoms with E-state index in [1.54, 1.807) is 7.11 Å². The fraction of sp³-hybridized carbons (Fsp3) is 0.571. The van der Waals surface area contributed by atoms with Gasteiger partial charge >= 0.3 is 0 Å². The minimum atomic E-state index is 0.0931. The van der Waals surface area contributed by atoms with Gasteiger partial charge in [0.2, 0.25) is 0 Å². The highest BCUT2D eigenvalue weighted by Gasteiger charge is 2.25. The summed E-state index contributed by atoms with van der Waals surface area (Å²) in [7, 11) is 1.68. The Morgan fingerprint density at radius 1 is 1.42 bits per heavy atom. The summed E-state index contributed by atoms with van der Waals surface area (Å²) in [6.07, 6.45) is 0.290. The van der Waals surface area contributed by atoms with Crippen LogP contribution >= 0.6 is 23.2 Å². The zero-order chi connectivity index (χ0) is 13.8. The van der Waals surface area contributed by atoms with E-state index in [0.29, 0.717) is 5.88 Å². The number of methoxy groups -OCH3 is 1. The molecule has 0 amide bonds. The van der Waals surface area contributed by atoms with Crippen molar-refractivity contribution >= 4 is 23.2 Å². The highest BCUT2D eigenvalue weighted by molar-refractivity contribution is 6.30. The number of hydrogen-bond donors (Lipinski definition) is 0. The summed E-state index contributed by atoms with van der Waals surface area (Å²) in [5.74, 6) is 1.39. The molecule has 0 aromatic heterocycles. The van der Waals surface area contributed by atoms with Crippen LogP contribution in [0.2, 0.25) is 5.02 Å². The largest absolute Gasteiger partial charge is 0.496 e. The van der Waals surface area contributed by atoms with Crippen molar-refractivity contribution in [2.24, 2.45) is 0 Å². The van der Waals surface area contributed by atoms with Gasteiger partial charge in [0.25, 0.3) is 0 Å². The van der Waals surface area contributed by atoms with E-state index in [0.717, 1.165) is 36.0 Å². The Balaban J connectivity index is 2.09. The van der Waals surface area contributed by atoms with Crippen LogP contribution in [0.3, 0.4) is 0 Å². The van der Waals surface area contributed by atoms with Crippen molar-refractivity contribution in [3.05, 3.63) is 28.8 Å². The van der Waals surface area contributed by atoms with E-state index < -0.39 is 0 Å². The van der Waals surface area contributed by atoms with Crippen molar-refractivity contribution in [2.75, 3.05) is 26.1 Å². The maximum absolute atomic E-state index is 6.06. The number of nitrogens with zero attached hydrogens (tertiary/aromatic N) is 1. The summed E-state index contributed by atoms with van der Waals surface area (Å²) in [6, 6.07) is 5.70. The van der Waals surface area contributed by atoms with E-state index in [2.05, 4.69) is 11.8 Å². The van der Waals surface area contributed by atoms with Crippen molar-refractivity contribution in [3.63, 3.8) is 0 Å². The molecule has 1 aromatic rings. The molecule has 0 bridgehead atoms. The molecule has 106 valence electrons. The first-order valence-electron chi connectivity index (χ1n) is 6.38. The highest BCUT2D eigenvalue weighted by atomic mass is 35.5. The number of morpholine rings is 1. The van der Waals surface area contributed by atoms with E-state index in [1.165, 1.54) is 0 Å². The Hall–Kier alpha value is -0.480. The Kier molecular flexibility index (Phi) is 5.34.